The normalized spacial score (nSPS) is 12.5. The van der Waals surface area contributed by atoms with Gasteiger partial charge in [0.2, 0.25) is 0 Å². The van der Waals surface area contributed by atoms with Gasteiger partial charge < -0.3 is 5.73 Å². The standard InChI is InChI=1S/C15H16ClFN2/c1-9-6-10(2)15(19-8-9)13(18)7-11-4-3-5-12(16)14(11)17/h3-6,8,13H,7,18H2,1-2H3. The fraction of sp³-hybridized carbons (Fsp3) is 0.267. The van der Waals surface area contributed by atoms with Gasteiger partial charge in [0.05, 0.1) is 16.8 Å². The van der Waals surface area contributed by atoms with Crippen molar-refractivity contribution in [3.8, 4) is 0 Å². The fourth-order valence-electron chi connectivity index (χ4n) is 2.15. The Morgan fingerprint density at radius 1 is 1.37 bits per heavy atom. The van der Waals surface area contributed by atoms with Crippen LogP contribution in [0, 0.1) is 19.7 Å². The van der Waals surface area contributed by atoms with Gasteiger partial charge in [0.25, 0.3) is 0 Å². The molecule has 2 aromatic rings. The SMILES string of the molecule is Cc1cnc(C(N)Cc2cccc(Cl)c2F)c(C)c1. The first kappa shape index (κ1) is 14.0. The monoisotopic (exact) mass is 278 g/mol. The van der Waals surface area contributed by atoms with Crippen LogP contribution in [-0.4, -0.2) is 4.98 Å². The summed E-state index contributed by atoms with van der Waals surface area (Å²) in [6.45, 7) is 3.94. The topological polar surface area (TPSA) is 38.9 Å². The van der Waals surface area contributed by atoms with Crippen molar-refractivity contribution >= 4 is 11.6 Å². The van der Waals surface area contributed by atoms with Gasteiger partial charge in [-0.2, -0.15) is 0 Å². The molecule has 0 aliphatic heterocycles. The molecule has 2 rings (SSSR count). The molecule has 2 N–H and O–H groups in total. The lowest BCUT2D eigenvalue weighted by atomic mass is 10.00. The number of nitrogens with zero attached hydrogens (tertiary/aromatic N) is 1. The van der Waals surface area contributed by atoms with Crippen LogP contribution in [0.5, 0.6) is 0 Å². The summed E-state index contributed by atoms with van der Waals surface area (Å²) in [6.07, 6.45) is 2.15. The lowest BCUT2D eigenvalue weighted by molar-refractivity contribution is 0.589. The summed E-state index contributed by atoms with van der Waals surface area (Å²) in [5, 5.41) is 0.123. The van der Waals surface area contributed by atoms with Gasteiger partial charge >= 0.3 is 0 Å². The maximum atomic E-state index is 13.8. The summed E-state index contributed by atoms with van der Waals surface area (Å²) in [4.78, 5) is 4.35. The second-order valence-corrected chi connectivity index (χ2v) is 5.15. The third-order valence-electron chi connectivity index (χ3n) is 3.08. The van der Waals surface area contributed by atoms with Crippen LogP contribution in [0.1, 0.15) is 28.4 Å². The highest BCUT2D eigenvalue weighted by Gasteiger charge is 2.15. The Balaban J connectivity index is 2.25. The molecule has 0 aliphatic rings. The van der Waals surface area contributed by atoms with Crippen LogP contribution in [-0.2, 0) is 6.42 Å². The largest absolute Gasteiger partial charge is 0.322 e. The van der Waals surface area contributed by atoms with E-state index in [1.807, 2.05) is 19.9 Å². The zero-order valence-electron chi connectivity index (χ0n) is 11.0. The van der Waals surface area contributed by atoms with Crippen LogP contribution in [0.25, 0.3) is 0 Å². The van der Waals surface area contributed by atoms with Crippen LogP contribution in [0.4, 0.5) is 4.39 Å². The molecule has 0 fully saturated rings. The lowest BCUT2D eigenvalue weighted by Crippen LogP contribution is -2.17. The van der Waals surface area contributed by atoms with Crippen molar-refractivity contribution in [1.29, 1.82) is 0 Å². The molecule has 19 heavy (non-hydrogen) atoms. The van der Waals surface area contributed by atoms with Crippen LogP contribution in [0.3, 0.4) is 0 Å². The summed E-state index contributed by atoms with van der Waals surface area (Å²) >= 11 is 5.76. The first-order chi connectivity index (χ1) is 8.99. The quantitative estimate of drug-likeness (QED) is 0.929. The van der Waals surface area contributed by atoms with Gasteiger partial charge in [0.1, 0.15) is 5.82 Å². The molecule has 0 radical (unpaired) electrons. The number of aromatic nitrogens is 1. The highest BCUT2D eigenvalue weighted by Crippen LogP contribution is 2.23. The number of benzene rings is 1. The van der Waals surface area contributed by atoms with Gasteiger partial charge in [-0.25, -0.2) is 4.39 Å². The Bertz CT molecular complexity index is 599. The molecule has 0 amide bonds. The predicted octanol–water partition coefficient (Wildman–Crippen LogP) is 3.73. The number of aryl methyl sites for hydroxylation is 2. The smallest absolute Gasteiger partial charge is 0.145 e. The minimum Gasteiger partial charge on any atom is -0.322 e. The summed E-state index contributed by atoms with van der Waals surface area (Å²) in [6, 6.07) is 6.64. The third-order valence-corrected chi connectivity index (χ3v) is 3.37. The zero-order valence-corrected chi connectivity index (χ0v) is 11.7. The van der Waals surface area contributed by atoms with E-state index in [-0.39, 0.29) is 11.1 Å². The molecule has 1 unspecified atom stereocenters. The average Bonchev–Trinajstić information content (AvgIpc) is 2.34. The van der Waals surface area contributed by atoms with Gasteiger partial charge in [-0.05, 0) is 43.0 Å². The van der Waals surface area contributed by atoms with Crippen molar-refractivity contribution < 1.29 is 4.39 Å². The van der Waals surface area contributed by atoms with Gasteiger partial charge in [-0.3, -0.25) is 4.98 Å². The summed E-state index contributed by atoms with van der Waals surface area (Å²) in [7, 11) is 0. The molecule has 0 saturated heterocycles. The zero-order chi connectivity index (χ0) is 14.0. The molecule has 0 spiro atoms. The first-order valence-electron chi connectivity index (χ1n) is 6.10. The predicted molar refractivity (Wildman–Crippen MR) is 75.8 cm³/mol. The van der Waals surface area contributed by atoms with Crippen molar-refractivity contribution in [3.63, 3.8) is 0 Å². The van der Waals surface area contributed by atoms with Gasteiger partial charge in [-0.1, -0.05) is 29.8 Å². The van der Waals surface area contributed by atoms with E-state index in [2.05, 4.69) is 4.98 Å². The number of hydrogen-bond acceptors (Lipinski definition) is 2. The van der Waals surface area contributed by atoms with Crippen LogP contribution in [0.15, 0.2) is 30.5 Å². The minimum atomic E-state index is -0.399. The molecule has 0 aliphatic carbocycles. The van der Waals surface area contributed by atoms with E-state index < -0.39 is 5.82 Å². The van der Waals surface area contributed by atoms with E-state index in [1.165, 1.54) is 6.07 Å². The molecular formula is C15H16ClFN2. The molecule has 100 valence electrons. The molecule has 0 saturated carbocycles. The minimum absolute atomic E-state index is 0.123. The van der Waals surface area contributed by atoms with Gasteiger partial charge in [0.15, 0.2) is 0 Å². The van der Waals surface area contributed by atoms with Gasteiger partial charge in [-0.15, -0.1) is 0 Å². The van der Waals surface area contributed by atoms with Crippen LogP contribution < -0.4 is 5.73 Å². The van der Waals surface area contributed by atoms with E-state index in [1.54, 1.807) is 18.3 Å². The van der Waals surface area contributed by atoms with Crippen molar-refractivity contribution in [2.24, 2.45) is 5.73 Å². The van der Waals surface area contributed by atoms with E-state index in [0.29, 0.717) is 12.0 Å². The Kier molecular flexibility index (Phi) is 4.17. The molecule has 1 atom stereocenters. The van der Waals surface area contributed by atoms with Crippen molar-refractivity contribution in [1.82, 2.24) is 4.98 Å². The lowest BCUT2D eigenvalue weighted by Gasteiger charge is -2.15. The number of pyridine rings is 1. The van der Waals surface area contributed by atoms with E-state index >= 15 is 0 Å². The van der Waals surface area contributed by atoms with E-state index in [9.17, 15) is 4.39 Å². The molecule has 1 aromatic heterocycles. The highest BCUT2D eigenvalue weighted by atomic mass is 35.5. The molecule has 1 heterocycles. The van der Waals surface area contributed by atoms with Crippen LogP contribution >= 0.6 is 11.6 Å². The number of rotatable bonds is 3. The van der Waals surface area contributed by atoms with E-state index in [4.69, 9.17) is 17.3 Å². The first-order valence-corrected chi connectivity index (χ1v) is 6.48. The summed E-state index contributed by atoms with van der Waals surface area (Å²) < 4.78 is 13.8. The van der Waals surface area contributed by atoms with Gasteiger partial charge in [0, 0.05) is 6.20 Å². The number of hydrogen-bond donors (Lipinski definition) is 1. The van der Waals surface area contributed by atoms with E-state index in [0.717, 1.165) is 16.8 Å². The Hall–Kier alpha value is -1.45. The molecular weight excluding hydrogens is 263 g/mol. The molecule has 0 bridgehead atoms. The Morgan fingerprint density at radius 3 is 2.79 bits per heavy atom. The average molecular weight is 279 g/mol. The number of halogens is 2. The molecule has 4 heteroatoms. The maximum Gasteiger partial charge on any atom is 0.145 e. The fourth-order valence-corrected chi connectivity index (χ4v) is 2.35. The maximum absolute atomic E-state index is 13.8. The van der Waals surface area contributed by atoms with Crippen molar-refractivity contribution in [2.45, 2.75) is 26.3 Å². The molecule has 2 nitrogen and oxygen atoms in total. The summed E-state index contributed by atoms with van der Waals surface area (Å²) in [5.41, 5.74) is 9.55. The van der Waals surface area contributed by atoms with Crippen molar-refractivity contribution in [3.05, 3.63) is 63.7 Å². The van der Waals surface area contributed by atoms with Crippen molar-refractivity contribution in [2.75, 3.05) is 0 Å². The van der Waals surface area contributed by atoms with Crippen LogP contribution in [0.2, 0.25) is 5.02 Å². The second kappa shape index (κ2) is 5.68. The second-order valence-electron chi connectivity index (χ2n) is 4.74. The third kappa shape index (κ3) is 3.11. The Morgan fingerprint density at radius 2 is 2.11 bits per heavy atom. The summed E-state index contributed by atoms with van der Waals surface area (Å²) in [5.74, 6) is -0.399. The Labute approximate surface area is 117 Å². The highest BCUT2D eigenvalue weighted by molar-refractivity contribution is 6.30. The number of nitrogens with two attached hydrogens (primary N) is 1. The molecule has 1 aromatic carbocycles.